The molecule has 0 aromatic carbocycles. The highest BCUT2D eigenvalue weighted by atomic mass is 16.1. The van der Waals surface area contributed by atoms with Gasteiger partial charge in [0.25, 0.3) is 0 Å². The van der Waals surface area contributed by atoms with Gasteiger partial charge in [-0.3, -0.25) is 9.69 Å². The van der Waals surface area contributed by atoms with Crippen molar-refractivity contribution in [1.82, 2.24) is 4.90 Å². The lowest BCUT2D eigenvalue weighted by atomic mass is 9.86. The van der Waals surface area contributed by atoms with Gasteiger partial charge in [-0.05, 0) is 45.6 Å². The van der Waals surface area contributed by atoms with E-state index in [1.54, 1.807) is 6.92 Å². The third-order valence-corrected chi connectivity index (χ3v) is 4.80. The van der Waals surface area contributed by atoms with E-state index in [0.29, 0.717) is 11.8 Å². The predicted octanol–water partition coefficient (Wildman–Crippen LogP) is 1.45. The Labute approximate surface area is 79.3 Å². The second-order valence-corrected chi connectivity index (χ2v) is 5.15. The minimum Gasteiger partial charge on any atom is -0.299 e. The molecule has 72 valence electrons. The summed E-state index contributed by atoms with van der Waals surface area (Å²) in [6.07, 6.45) is 5.06. The quantitative estimate of drug-likeness (QED) is 0.607. The lowest BCUT2D eigenvalue weighted by Crippen LogP contribution is -2.46. The average molecular weight is 179 g/mol. The third-order valence-electron chi connectivity index (χ3n) is 4.80. The topological polar surface area (TPSA) is 20.3 Å². The molecule has 2 heterocycles. The molecular formula is C11H17NO. The SMILES string of the molecule is CC(=O)C12CC1C[C@@H]1CC[C@H]2N1C. The highest BCUT2D eigenvalue weighted by molar-refractivity contribution is 5.87. The molecule has 2 unspecified atom stereocenters. The summed E-state index contributed by atoms with van der Waals surface area (Å²) in [7, 11) is 2.21. The van der Waals surface area contributed by atoms with E-state index in [4.69, 9.17) is 0 Å². The van der Waals surface area contributed by atoms with Crippen molar-refractivity contribution in [3.05, 3.63) is 0 Å². The van der Waals surface area contributed by atoms with E-state index in [0.717, 1.165) is 12.0 Å². The largest absolute Gasteiger partial charge is 0.299 e. The number of nitrogens with zero attached hydrogens (tertiary/aromatic N) is 1. The maximum atomic E-state index is 11.7. The minimum atomic E-state index is 0.113. The van der Waals surface area contributed by atoms with E-state index in [1.807, 2.05) is 0 Å². The number of fused-ring (bicyclic) bond motifs is 4. The zero-order valence-corrected chi connectivity index (χ0v) is 8.42. The molecule has 0 spiro atoms. The molecule has 13 heavy (non-hydrogen) atoms. The van der Waals surface area contributed by atoms with Gasteiger partial charge in [-0.15, -0.1) is 0 Å². The Bertz CT molecular complexity index is 275. The van der Waals surface area contributed by atoms with E-state index >= 15 is 0 Å². The van der Waals surface area contributed by atoms with Gasteiger partial charge in [0, 0.05) is 17.5 Å². The van der Waals surface area contributed by atoms with Gasteiger partial charge < -0.3 is 0 Å². The van der Waals surface area contributed by atoms with E-state index in [2.05, 4.69) is 11.9 Å². The van der Waals surface area contributed by atoms with Crippen LogP contribution in [0.3, 0.4) is 0 Å². The maximum absolute atomic E-state index is 11.7. The molecule has 2 aliphatic heterocycles. The van der Waals surface area contributed by atoms with Crippen molar-refractivity contribution in [3.8, 4) is 0 Å². The van der Waals surface area contributed by atoms with Crippen LogP contribution in [0.15, 0.2) is 0 Å². The van der Waals surface area contributed by atoms with Crippen LogP contribution in [0.1, 0.15) is 32.6 Å². The Balaban J connectivity index is 1.98. The first-order valence-corrected chi connectivity index (χ1v) is 5.39. The predicted molar refractivity (Wildman–Crippen MR) is 50.4 cm³/mol. The van der Waals surface area contributed by atoms with Crippen LogP contribution >= 0.6 is 0 Å². The number of ketones is 1. The van der Waals surface area contributed by atoms with Crippen LogP contribution in [0.2, 0.25) is 0 Å². The van der Waals surface area contributed by atoms with Crippen LogP contribution in [0.4, 0.5) is 0 Å². The van der Waals surface area contributed by atoms with Crippen LogP contribution in [0, 0.1) is 11.3 Å². The number of carbonyl (C=O) groups excluding carboxylic acids is 1. The van der Waals surface area contributed by atoms with Crippen LogP contribution in [-0.2, 0) is 4.79 Å². The number of piperidine rings is 1. The third kappa shape index (κ3) is 0.762. The molecular weight excluding hydrogens is 162 g/mol. The van der Waals surface area contributed by atoms with Crippen molar-refractivity contribution < 1.29 is 4.79 Å². The first-order chi connectivity index (χ1) is 6.16. The van der Waals surface area contributed by atoms with Gasteiger partial charge in [-0.2, -0.15) is 0 Å². The summed E-state index contributed by atoms with van der Waals surface area (Å²) in [5, 5.41) is 0. The highest BCUT2D eigenvalue weighted by Crippen LogP contribution is 2.65. The molecule has 0 radical (unpaired) electrons. The molecule has 2 nitrogen and oxygen atoms in total. The molecule has 3 aliphatic rings. The smallest absolute Gasteiger partial charge is 0.137 e. The standard InChI is InChI=1S/C11H17NO/c1-7(13)11-6-8(11)5-9-3-4-10(11)12(9)2/h8-10H,3-6H2,1-2H3/t8?,9-,10+,11?/m0/s1. The molecule has 2 bridgehead atoms. The number of rotatable bonds is 1. The van der Waals surface area contributed by atoms with E-state index in [-0.39, 0.29) is 5.41 Å². The second kappa shape index (κ2) is 2.17. The molecule has 0 amide bonds. The van der Waals surface area contributed by atoms with Crippen molar-refractivity contribution in [2.75, 3.05) is 7.05 Å². The summed E-state index contributed by atoms with van der Waals surface area (Å²) in [5.74, 6) is 1.20. The lowest BCUT2D eigenvalue weighted by Gasteiger charge is -2.36. The first-order valence-electron chi connectivity index (χ1n) is 5.39. The number of carbonyl (C=O) groups is 1. The Morgan fingerprint density at radius 2 is 2.23 bits per heavy atom. The summed E-state index contributed by atoms with van der Waals surface area (Å²) < 4.78 is 0. The summed E-state index contributed by atoms with van der Waals surface area (Å²) in [5.41, 5.74) is 0.113. The Morgan fingerprint density at radius 3 is 2.92 bits per heavy atom. The fraction of sp³-hybridized carbons (Fsp3) is 0.909. The van der Waals surface area contributed by atoms with Gasteiger partial charge in [0.1, 0.15) is 5.78 Å². The second-order valence-electron chi connectivity index (χ2n) is 5.15. The number of Topliss-reactive ketones (excluding diaryl/α,β-unsaturated/α-hetero) is 1. The molecule has 3 fully saturated rings. The van der Waals surface area contributed by atoms with Gasteiger partial charge in [-0.25, -0.2) is 0 Å². The molecule has 0 aromatic rings. The normalized spacial score (nSPS) is 53.2. The number of hydrogen-bond donors (Lipinski definition) is 0. The van der Waals surface area contributed by atoms with E-state index < -0.39 is 0 Å². The van der Waals surface area contributed by atoms with Crippen molar-refractivity contribution in [2.24, 2.45) is 11.3 Å². The molecule has 1 aliphatic carbocycles. The summed E-state index contributed by atoms with van der Waals surface area (Å²) in [6, 6.07) is 1.39. The van der Waals surface area contributed by atoms with Crippen LogP contribution in [0.5, 0.6) is 0 Å². The van der Waals surface area contributed by atoms with Crippen molar-refractivity contribution in [3.63, 3.8) is 0 Å². The fourth-order valence-corrected chi connectivity index (χ4v) is 3.96. The van der Waals surface area contributed by atoms with E-state index in [1.165, 1.54) is 25.7 Å². The van der Waals surface area contributed by atoms with Crippen LogP contribution in [-0.4, -0.2) is 29.8 Å². The molecule has 0 aromatic heterocycles. The van der Waals surface area contributed by atoms with Crippen molar-refractivity contribution >= 4 is 5.78 Å². The fourth-order valence-electron chi connectivity index (χ4n) is 3.96. The average Bonchev–Trinajstić information content (AvgIpc) is 2.68. The first kappa shape index (κ1) is 7.98. The summed E-state index contributed by atoms with van der Waals surface area (Å²) in [6.45, 7) is 1.80. The van der Waals surface area contributed by atoms with Crippen molar-refractivity contribution in [2.45, 2.75) is 44.7 Å². The van der Waals surface area contributed by atoms with Gasteiger partial charge in [0.15, 0.2) is 0 Å². The zero-order chi connectivity index (χ0) is 9.22. The molecule has 1 saturated carbocycles. The Hall–Kier alpha value is -0.370. The molecule has 3 rings (SSSR count). The van der Waals surface area contributed by atoms with Gasteiger partial charge in [0.2, 0.25) is 0 Å². The molecule has 0 N–H and O–H groups in total. The Kier molecular flexibility index (Phi) is 1.33. The maximum Gasteiger partial charge on any atom is 0.137 e. The lowest BCUT2D eigenvalue weighted by molar-refractivity contribution is -0.125. The number of hydrogen-bond acceptors (Lipinski definition) is 2. The summed E-state index contributed by atoms with van der Waals surface area (Å²) in [4.78, 5) is 14.1. The monoisotopic (exact) mass is 179 g/mol. The Morgan fingerprint density at radius 1 is 1.46 bits per heavy atom. The van der Waals surface area contributed by atoms with Crippen molar-refractivity contribution in [1.29, 1.82) is 0 Å². The highest BCUT2D eigenvalue weighted by Gasteiger charge is 2.68. The van der Waals surface area contributed by atoms with Gasteiger partial charge >= 0.3 is 0 Å². The molecule has 2 saturated heterocycles. The van der Waals surface area contributed by atoms with Gasteiger partial charge in [-0.1, -0.05) is 0 Å². The zero-order valence-electron chi connectivity index (χ0n) is 8.42. The minimum absolute atomic E-state index is 0.113. The summed E-state index contributed by atoms with van der Waals surface area (Å²) >= 11 is 0. The molecule has 2 heteroatoms. The van der Waals surface area contributed by atoms with E-state index in [9.17, 15) is 4.79 Å². The van der Waals surface area contributed by atoms with Crippen LogP contribution < -0.4 is 0 Å². The van der Waals surface area contributed by atoms with Gasteiger partial charge in [0.05, 0.1) is 0 Å². The molecule has 4 atom stereocenters. The van der Waals surface area contributed by atoms with Crippen LogP contribution in [0.25, 0.3) is 0 Å².